The smallest absolute Gasteiger partial charge is 0.237 e. The van der Waals surface area contributed by atoms with Crippen LogP contribution in [0.5, 0.6) is 0 Å². The molecule has 2 aliphatic heterocycles. The first-order valence-corrected chi connectivity index (χ1v) is 15.8. The molecule has 0 aromatic carbocycles. The molecule has 2 rings (SSSR count). The topological polar surface area (TPSA) is 137 Å². The van der Waals surface area contributed by atoms with Gasteiger partial charge in [-0.2, -0.15) is 0 Å². The number of nitrogens with zero attached hydrogens (tertiary/aromatic N) is 2. The minimum atomic E-state index is -0.226. The molecule has 2 N–H and O–H groups in total. The van der Waals surface area contributed by atoms with E-state index in [0.717, 1.165) is 19.4 Å². The molecule has 1 spiro atoms. The Morgan fingerprint density at radius 1 is 0.791 bits per heavy atom. The summed E-state index contributed by atoms with van der Waals surface area (Å²) in [6.07, 6.45) is 3.04. The number of nitrogens with one attached hydrogen (secondary N) is 2. The standard InChI is InChI=1S/C30H56N4O9/c1-5-26(21-28(36)33-23-30(24-33)8-6-9-34(30)29(37)22-31-25(2)3)32-27(35)7-10-39-13-14-41-17-18-43-20-19-42-16-15-40-12-11-38-4/h25-26,31H,5-24H2,1-4H3,(H,32,35). The van der Waals surface area contributed by atoms with Crippen LogP contribution in [-0.2, 0) is 42.8 Å². The van der Waals surface area contributed by atoms with E-state index in [1.807, 2.05) is 30.6 Å². The van der Waals surface area contributed by atoms with E-state index in [0.29, 0.717) is 92.1 Å². The van der Waals surface area contributed by atoms with Crippen LogP contribution < -0.4 is 10.6 Å². The summed E-state index contributed by atoms with van der Waals surface area (Å²) in [5.41, 5.74) is -0.223. The summed E-state index contributed by atoms with van der Waals surface area (Å²) < 4.78 is 32.0. The van der Waals surface area contributed by atoms with Crippen molar-refractivity contribution in [3.8, 4) is 0 Å². The van der Waals surface area contributed by atoms with Gasteiger partial charge in [-0.25, -0.2) is 0 Å². The zero-order valence-electron chi connectivity index (χ0n) is 26.9. The largest absolute Gasteiger partial charge is 0.382 e. The van der Waals surface area contributed by atoms with Gasteiger partial charge in [-0.3, -0.25) is 14.4 Å². The number of carbonyl (C=O) groups excluding carboxylic acids is 3. The van der Waals surface area contributed by atoms with Gasteiger partial charge in [0.15, 0.2) is 0 Å². The van der Waals surface area contributed by atoms with Gasteiger partial charge in [0.2, 0.25) is 17.7 Å². The van der Waals surface area contributed by atoms with Crippen LogP contribution in [-0.4, -0.2) is 151 Å². The minimum absolute atomic E-state index is 0.0191. The molecular formula is C30H56N4O9. The van der Waals surface area contributed by atoms with E-state index in [4.69, 9.17) is 28.4 Å². The van der Waals surface area contributed by atoms with Crippen molar-refractivity contribution in [3.63, 3.8) is 0 Å². The second-order valence-electron chi connectivity index (χ2n) is 11.3. The first-order chi connectivity index (χ1) is 20.8. The second-order valence-corrected chi connectivity index (χ2v) is 11.3. The normalized spacial score (nSPS) is 16.6. The summed E-state index contributed by atoms with van der Waals surface area (Å²) in [6, 6.07) is 0.0239. The first kappa shape index (κ1) is 37.3. The van der Waals surface area contributed by atoms with Crippen molar-refractivity contribution < 1.29 is 42.8 Å². The number of carbonyl (C=O) groups is 3. The summed E-state index contributed by atoms with van der Waals surface area (Å²) >= 11 is 0. The molecule has 0 radical (unpaired) electrons. The van der Waals surface area contributed by atoms with Crippen LogP contribution in [0, 0.1) is 0 Å². The molecule has 3 amide bonds. The molecule has 13 nitrogen and oxygen atoms in total. The number of hydrogen-bond donors (Lipinski definition) is 2. The third kappa shape index (κ3) is 14.6. The van der Waals surface area contributed by atoms with Gasteiger partial charge in [0, 0.05) is 51.7 Å². The third-order valence-corrected chi connectivity index (χ3v) is 7.55. The van der Waals surface area contributed by atoms with E-state index in [1.165, 1.54) is 0 Å². The van der Waals surface area contributed by atoms with Crippen molar-refractivity contribution in [3.05, 3.63) is 0 Å². The van der Waals surface area contributed by atoms with Gasteiger partial charge in [-0.15, -0.1) is 0 Å². The van der Waals surface area contributed by atoms with E-state index < -0.39 is 0 Å². The van der Waals surface area contributed by atoms with Crippen LogP contribution >= 0.6 is 0 Å². The molecule has 2 heterocycles. The Morgan fingerprint density at radius 2 is 1.33 bits per heavy atom. The number of ether oxygens (including phenoxy) is 6. The Kier molecular flexibility index (Phi) is 18.9. The van der Waals surface area contributed by atoms with Crippen molar-refractivity contribution >= 4 is 17.7 Å². The first-order valence-electron chi connectivity index (χ1n) is 15.8. The summed E-state index contributed by atoms with van der Waals surface area (Å²) in [5.74, 6) is -0.0119. The maximum absolute atomic E-state index is 12.9. The summed E-state index contributed by atoms with van der Waals surface area (Å²) in [4.78, 5) is 41.8. The molecule has 1 unspecified atom stereocenters. The third-order valence-electron chi connectivity index (χ3n) is 7.55. The Bertz CT molecular complexity index is 796. The SMILES string of the molecule is CCC(CC(=O)N1CC2(CCCN2C(=O)CNC(C)C)C1)NC(=O)CCOCCOCCOCCOCCOCCOC. The van der Waals surface area contributed by atoms with Crippen molar-refractivity contribution in [2.45, 2.75) is 70.5 Å². The van der Waals surface area contributed by atoms with Gasteiger partial charge in [-0.05, 0) is 19.3 Å². The van der Waals surface area contributed by atoms with Crippen LogP contribution in [0.25, 0.3) is 0 Å². The van der Waals surface area contributed by atoms with Crippen molar-refractivity contribution in [1.82, 2.24) is 20.4 Å². The number of hydrogen-bond acceptors (Lipinski definition) is 10. The fourth-order valence-corrected chi connectivity index (χ4v) is 5.11. The Balaban J connectivity index is 1.46. The average Bonchev–Trinajstić information content (AvgIpc) is 3.42. The predicted octanol–water partition coefficient (Wildman–Crippen LogP) is 0.592. The van der Waals surface area contributed by atoms with Gasteiger partial charge in [0.25, 0.3) is 0 Å². The van der Waals surface area contributed by atoms with Crippen LogP contribution in [0.2, 0.25) is 0 Å². The highest BCUT2D eigenvalue weighted by atomic mass is 16.6. The van der Waals surface area contributed by atoms with Crippen LogP contribution in [0.1, 0.15) is 52.9 Å². The van der Waals surface area contributed by atoms with Crippen molar-refractivity contribution in [2.24, 2.45) is 0 Å². The van der Waals surface area contributed by atoms with E-state index in [1.54, 1.807) is 7.11 Å². The lowest BCUT2D eigenvalue weighted by Crippen LogP contribution is -2.70. The molecule has 250 valence electrons. The molecule has 0 aliphatic carbocycles. The number of likely N-dealkylation sites (tertiary alicyclic amines) is 2. The molecule has 1 atom stereocenters. The lowest BCUT2D eigenvalue weighted by atomic mass is 9.86. The lowest BCUT2D eigenvalue weighted by Gasteiger charge is -2.53. The van der Waals surface area contributed by atoms with Gasteiger partial charge >= 0.3 is 0 Å². The Morgan fingerprint density at radius 3 is 1.84 bits per heavy atom. The molecule has 0 aromatic rings. The van der Waals surface area contributed by atoms with E-state index >= 15 is 0 Å². The highest BCUT2D eigenvalue weighted by Crippen LogP contribution is 2.38. The highest BCUT2D eigenvalue weighted by molar-refractivity contribution is 5.83. The molecule has 43 heavy (non-hydrogen) atoms. The van der Waals surface area contributed by atoms with E-state index in [2.05, 4.69) is 10.6 Å². The van der Waals surface area contributed by atoms with Crippen LogP contribution in [0.3, 0.4) is 0 Å². The van der Waals surface area contributed by atoms with Gasteiger partial charge < -0.3 is 48.9 Å². The molecule has 0 bridgehead atoms. The maximum atomic E-state index is 12.9. The molecule has 2 aliphatic rings. The van der Waals surface area contributed by atoms with Crippen LogP contribution in [0.4, 0.5) is 0 Å². The lowest BCUT2D eigenvalue weighted by molar-refractivity contribution is -0.153. The summed E-state index contributed by atoms with van der Waals surface area (Å²) in [6.45, 7) is 13.4. The average molecular weight is 617 g/mol. The fraction of sp³-hybridized carbons (Fsp3) is 0.900. The molecule has 0 aromatic heterocycles. The zero-order chi connectivity index (χ0) is 31.3. The van der Waals surface area contributed by atoms with Gasteiger partial charge in [0.1, 0.15) is 0 Å². The van der Waals surface area contributed by atoms with E-state index in [-0.39, 0.29) is 54.8 Å². The quantitative estimate of drug-likeness (QED) is 0.140. The highest BCUT2D eigenvalue weighted by Gasteiger charge is 2.53. The zero-order valence-corrected chi connectivity index (χ0v) is 26.9. The van der Waals surface area contributed by atoms with E-state index in [9.17, 15) is 14.4 Å². The number of methoxy groups -OCH3 is 1. The van der Waals surface area contributed by atoms with Gasteiger partial charge in [-0.1, -0.05) is 20.8 Å². The molecule has 2 fully saturated rings. The van der Waals surface area contributed by atoms with Crippen molar-refractivity contribution in [1.29, 1.82) is 0 Å². The molecule has 0 saturated carbocycles. The molecule has 13 heteroatoms. The monoisotopic (exact) mass is 616 g/mol. The second kappa shape index (κ2) is 21.8. The summed E-state index contributed by atoms with van der Waals surface area (Å²) in [5, 5.41) is 6.16. The predicted molar refractivity (Wildman–Crippen MR) is 161 cm³/mol. The van der Waals surface area contributed by atoms with Crippen molar-refractivity contribution in [2.75, 3.05) is 106 Å². The number of rotatable bonds is 25. The maximum Gasteiger partial charge on any atom is 0.237 e. The molecule has 2 saturated heterocycles. The molecular weight excluding hydrogens is 560 g/mol. The Labute approximate surface area is 257 Å². The van der Waals surface area contributed by atoms with Gasteiger partial charge in [0.05, 0.1) is 84.8 Å². The minimum Gasteiger partial charge on any atom is -0.382 e. The van der Waals surface area contributed by atoms with Crippen LogP contribution in [0.15, 0.2) is 0 Å². The number of amides is 3. The summed E-state index contributed by atoms with van der Waals surface area (Å²) in [7, 11) is 1.64. The Hall–Kier alpha value is -1.87. The fourth-order valence-electron chi connectivity index (χ4n) is 5.11.